The van der Waals surface area contributed by atoms with Crippen molar-refractivity contribution < 1.29 is 38.1 Å². The number of hydrogen-bond acceptors (Lipinski definition) is 10. The number of nitrogens with zero attached hydrogens (tertiary/aromatic N) is 2. The highest BCUT2D eigenvalue weighted by Crippen LogP contribution is 2.22. The highest BCUT2D eigenvalue weighted by atomic mass is 16.6. The summed E-state index contributed by atoms with van der Waals surface area (Å²) in [4.78, 5) is 55.9. The molecule has 0 aliphatic rings. The minimum absolute atomic E-state index is 0.0455. The molecule has 0 aromatic rings. The van der Waals surface area contributed by atoms with Crippen LogP contribution in [-0.2, 0) is 38.1 Å². The highest BCUT2D eigenvalue weighted by molar-refractivity contribution is 5.73. The van der Waals surface area contributed by atoms with E-state index in [1.807, 2.05) is 0 Å². The van der Waals surface area contributed by atoms with Crippen molar-refractivity contribution in [3.63, 3.8) is 0 Å². The lowest BCUT2D eigenvalue weighted by Crippen LogP contribution is -2.31. The molecule has 0 saturated carbocycles. The summed E-state index contributed by atoms with van der Waals surface area (Å²) in [6.07, 6.45) is 34.5. The summed E-state index contributed by atoms with van der Waals surface area (Å²) in [6, 6.07) is 0. The predicted octanol–water partition coefficient (Wildman–Crippen LogP) is 12.8. The van der Waals surface area contributed by atoms with Gasteiger partial charge in [0.1, 0.15) is 26.4 Å². The molecule has 0 heterocycles. The second kappa shape index (κ2) is 45.4. The summed E-state index contributed by atoms with van der Waals surface area (Å²) in [5, 5.41) is 0. The number of hydrogen-bond donors (Lipinski definition) is 0. The van der Waals surface area contributed by atoms with Crippen molar-refractivity contribution in [1.82, 2.24) is 9.80 Å². The van der Waals surface area contributed by atoms with E-state index in [9.17, 15) is 19.2 Å². The molecule has 0 fully saturated rings. The Kier molecular flexibility index (Phi) is 43.8. The first-order chi connectivity index (χ1) is 30.2. The number of ether oxygens (including phenoxy) is 4. The van der Waals surface area contributed by atoms with E-state index in [0.29, 0.717) is 13.1 Å². The number of unbranched alkanes of at least 4 members (excludes halogenated alkanes) is 21. The zero-order chi connectivity index (χ0) is 45.7. The molecular formula is C52H100N2O8. The number of esters is 4. The van der Waals surface area contributed by atoms with E-state index in [4.69, 9.17) is 18.9 Å². The Balaban J connectivity index is 4.82. The van der Waals surface area contributed by atoms with Crippen molar-refractivity contribution in [3.8, 4) is 0 Å². The Hall–Kier alpha value is -2.20. The number of carbonyl (C=O) groups is 4. The zero-order valence-corrected chi connectivity index (χ0v) is 41.6. The van der Waals surface area contributed by atoms with Gasteiger partial charge in [0.2, 0.25) is 0 Å². The largest absolute Gasteiger partial charge is 0.462 e. The summed E-state index contributed by atoms with van der Waals surface area (Å²) in [7, 11) is 4.10. The molecule has 366 valence electrons. The number of carbonyl (C=O) groups excluding carboxylic acids is 4. The molecule has 0 saturated heterocycles. The van der Waals surface area contributed by atoms with Gasteiger partial charge in [-0.1, -0.05) is 182 Å². The molecule has 0 rings (SSSR count). The molecule has 0 aliphatic heterocycles. The lowest BCUT2D eigenvalue weighted by Gasteiger charge is -2.22. The molecule has 0 N–H and O–H groups in total. The smallest absolute Gasteiger partial charge is 0.309 e. The summed E-state index contributed by atoms with van der Waals surface area (Å²) < 4.78 is 22.2. The Labute approximate surface area is 382 Å². The Bertz CT molecular complexity index is 936. The van der Waals surface area contributed by atoms with Crippen LogP contribution in [0.3, 0.4) is 0 Å². The normalized spacial score (nSPS) is 11.6. The van der Waals surface area contributed by atoms with Gasteiger partial charge in [-0.2, -0.15) is 0 Å². The van der Waals surface area contributed by atoms with Crippen LogP contribution in [0.15, 0.2) is 0 Å². The third-order valence-corrected chi connectivity index (χ3v) is 12.1. The average molecular weight is 881 g/mol. The fourth-order valence-electron chi connectivity index (χ4n) is 8.02. The van der Waals surface area contributed by atoms with Gasteiger partial charge in [-0.15, -0.1) is 0 Å². The van der Waals surface area contributed by atoms with Crippen molar-refractivity contribution in [2.45, 2.75) is 233 Å². The maximum Gasteiger partial charge on any atom is 0.309 e. The van der Waals surface area contributed by atoms with Crippen LogP contribution in [0.4, 0.5) is 0 Å². The molecule has 0 spiro atoms. The minimum atomic E-state index is -0.342. The molecule has 0 radical (unpaired) electrons. The summed E-state index contributed by atoms with van der Waals surface area (Å²) in [5.41, 5.74) is 0. The van der Waals surface area contributed by atoms with Gasteiger partial charge in [-0.3, -0.25) is 19.2 Å². The van der Waals surface area contributed by atoms with Gasteiger partial charge in [0, 0.05) is 13.1 Å². The van der Waals surface area contributed by atoms with Crippen molar-refractivity contribution >= 4 is 23.9 Å². The van der Waals surface area contributed by atoms with E-state index in [0.717, 1.165) is 103 Å². The van der Waals surface area contributed by atoms with Crippen LogP contribution in [0.5, 0.6) is 0 Å². The zero-order valence-electron chi connectivity index (χ0n) is 41.6. The minimum Gasteiger partial charge on any atom is -0.462 e. The van der Waals surface area contributed by atoms with Crippen LogP contribution in [-0.4, -0.2) is 100 Å². The molecule has 62 heavy (non-hydrogen) atoms. The van der Waals surface area contributed by atoms with Gasteiger partial charge in [0.15, 0.2) is 0 Å². The fourth-order valence-corrected chi connectivity index (χ4v) is 8.02. The second-order valence-electron chi connectivity index (χ2n) is 18.2. The van der Waals surface area contributed by atoms with Crippen molar-refractivity contribution in [2.75, 3.05) is 66.7 Å². The van der Waals surface area contributed by atoms with E-state index in [-0.39, 0.29) is 75.0 Å². The Morgan fingerprint density at radius 2 is 0.645 bits per heavy atom. The van der Waals surface area contributed by atoms with E-state index >= 15 is 0 Å². The molecule has 0 aliphatic carbocycles. The van der Waals surface area contributed by atoms with Crippen molar-refractivity contribution in [3.05, 3.63) is 0 Å². The maximum absolute atomic E-state index is 13.1. The van der Waals surface area contributed by atoms with Gasteiger partial charge in [-0.05, 0) is 65.7 Å². The van der Waals surface area contributed by atoms with Crippen molar-refractivity contribution in [2.24, 2.45) is 11.8 Å². The molecule has 0 unspecified atom stereocenters. The van der Waals surface area contributed by atoms with E-state index < -0.39 is 0 Å². The summed E-state index contributed by atoms with van der Waals surface area (Å²) >= 11 is 0. The molecule has 10 nitrogen and oxygen atoms in total. The van der Waals surface area contributed by atoms with Gasteiger partial charge in [-0.25, -0.2) is 0 Å². The van der Waals surface area contributed by atoms with E-state index in [2.05, 4.69) is 51.6 Å². The molecular weight excluding hydrogens is 781 g/mol. The van der Waals surface area contributed by atoms with Gasteiger partial charge in [0.05, 0.1) is 24.7 Å². The second-order valence-corrected chi connectivity index (χ2v) is 18.2. The summed E-state index contributed by atoms with van der Waals surface area (Å²) in [5.74, 6) is -1.17. The monoisotopic (exact) mass is 881 g/mol. The quantitative estimate of drug-likeness (QED) is 0.0333. The molecule has 0 bridgehead atoms. The molecule has 0 amide bonds. The highest BCUT2D eigenvalue weighted by Gasteiger charge is 2.21. The maximum atomic E-state index is 13.1. The third-order valence-electron chi connectivity index (χ3n) is 12.1. The molecule has 0 aromatic carbocycles. The van der Waals surface area contributed by atoms with E-state index in [1.165, 1.54) is 103 Å². The van der Waals surface area contributed by atoms with Crippen molar-refractivity contribution in [1.29, 1.82) is 0 Å². The fraction of sp³-hybridized carbons (Fsp3) is 0.923. The van der Waals surface area contributed by atoms with E-state index in [1.54, 1.807) is 0 Å². The molecule has 10 heteroatoms. The first-order valence-corrected chi connectivity index (χ1v) is 26.2. The van der Waals surface area contributed by atoms with Crippen LogP contribution in [0.25, 0.3) is 0 Å². The summed E-state index contributed by atoms with van der Waals surface area (Å²) in [6.45, 7) is 11.8. The number of rotatable bonds is 47. The first kappa shape index (κ1) is 59.8. The Morgan fingerprint density at radius 1 is 0.355 bits per heavy atom. The Morgan fingerprint density at radius 3 is 0.968 bits per heavy atom. The van der Waals surface area contributed by atoms with Gasteiger partial charge >= 0.3 is 23.9 Å². The van der Waals surface area contributed by atoms with Gasteiger partial charge < -0.3 is 28.7 Å². The van der Waals surface area contributed by atoms with Crippen LogP contribution in [0, 0.1) is 11.8 Å². The van der Waals surface area contributed by atoms with Crippen LogP contribution < -0.4 is 0 Å². The van der Waals surface area contributed by atoms with Gasteiger partial charge in [0.25, 0.3) is 0 Å². The molecule has 0 aromatic heterocycles. The third kappa shape index (κ3) is 39.4. The lowest BCUT2D eigenvalue weighted by molar-refractivity contribution is -0.156. The molecule has 0 atom stereocenters. The van der Waals surface area contributed by atoms with Crippen LogP contribution >= 0.6 is 0 Å². The first-order valence-electron chi connectivity index (χ1n) is 26.2. The SMILES string of the molecule is CCCCCCCCC(CCCCCCCC)C(=O)OCCOC(=O)CCN(CCCCN(C)C)CCC(=O)OCCOC(=O)C(CCCCCCCC)CCCCCCCC. The standard InChI is InChI=1S/C52H100N2O8/c1-7-11-15-19-23-27-33-47(34-28-24-20-16-12-8-2)51(57)61-45-43-59-49(55)37-41-54(40-32-31-39-53(5)6)42-38-50(56)60-44-46-62-52(58)48(35-29-25-21-17-13-9-3)36-30-26-22-18-14-10-4/h47-48H,7-46H2,1-6H3. The predicted molar refractivity (Wildman–Crippen MR) is 256 cm³/mol. The van der Waals surface area contributed by atoms with Crippen LogP contribution in [0.2, 0.25) is 0 Å². The topological polar surface area (TPSA) is 112 Å². The lowest BCUT2D eigenvalue weighted by atomic mass is 9.94. The van der Waals surface area contributed by atoms with Crippen LogP contribution in [0.1, 0.15) is 233 Å². The average Bonchev–Trinajstić information content (AvgIpc) is 3.26.